The summed E-state index contributed by atoms with van der Waals surface area (Å²) in [6, 6.07) is 6.42. The lowest BCUT2D eigenvalue weighted by Gasteiger charge is -2.36. The number of halogens is 1. The zero-order valence-corrected chi connectivity index (χ0v) is 12.9. The SMILES string of the molecule is C[C@@H](N)c1ccc(N2CCN(CCO)CC2)c(Br)c1. The van der Waals surface area contributed by atoms with E-state index in [9.17, 15) is 0 Å². The number of β-amino-alcohol motifs (C(OH)–C–C–N with tert-alkyl or cyclic N) is 1. The number of nitrogens with two attached hydrogens (primary N) is 1. The molecule has 0 amide bonds. The maximum absolute atomic E-state index is 8.95. The van der Waals surface area contributed by atoms with Gasteiger partial charge in [0.1, 0.15) is 0 Å². The third kappa shape index (κ3) is 3.69. The summed E-state index contributed by atoms with van der Waals surface area (Å²) in [6.45, 7) is 7.01. The Labute approximate surface area is 123 Å². The first-order chi connectivity index (χ1) is 9.11. The maximum atomic E-state index is 8.95. The Hall–Kier alpha value is -0.620. The number of piperazine rings is 1. The van der Waals surface area contributed by atoms with Crippen LogP contribution in [0.5, 0.6) is 0 Å². The van der Waals surface area contributed by atoms with Crippen LogP contribution in [0, 0.1) is 0 Å². The number of nitrogens with zero attached hydrogens (tertiary/aromatic N) is 2. The van der Waals surface area contributed by atoms with Gasteiger partial charge >= 0.3 is 0 Å². The fourth-order valence-corrected chi connectivity index (χ4v) is 3.06. The fraction of sp³-hybridized carbons (Fsp3) is 0.571. The molecule has 0 unspecified atom stereocenters. The summed E-state index contributed by atoms with van der Waals surface area (Å²) >= 11 is 3.65. The molecule has 1 saturated heterocycles. The first-order valence-electron chi connectivity index (χ1n) is 6.75. The molecule has 1 aromatic carbocycles. The van der Waals surface area contributed by atoms with Crippen LogP contribution in [0.4, 0.5) is 5.69 Å². The minimum atomic E-state index is 0.0618. The molecule has 0 aliphatic carbocycles. The number of hydrogen-bond acceptors (Lipinski definition) is 4. The van der Waals surface area contributed by atoms with Gasteiger partial charge in [-0.05, 0) is 40.5 Å². The highest BCUT2D eigenvalue weighted by atomic mass is 79.9. The molecule has 1 aliphatic rings. The van der Waals surface area contributed by atoms with Crippen LogP contribution in [0.25, 0.3) is 0 Å². The third-order valence-corrected chi connectivity index (χ3v) is 4.26. The fourth-order valence-electron chi connectivity index (χ4n) is 2.42. The molecule has 1 aromatic rings. The average Bonchev–Trinajstić information content (AvgIpc) is 2.40. The van der Waals surface area contributed by atoms with E-state index in [0.29, 0.717) is 0 Å². The van der Waals surface area contributed by atoms with Crippen LogP contribution < -0.4 is 10.6 Å². The second kappa shape index (κ2) is 6.70. The molecule has 0 spiro atoms. The molecule has 1 fully saturated rings. The first-order valence-corrected chi connectivity index (χ1v) is 7.54. The van der Waals surface area contributed by atoms with Crippen LogP contribution in [-0.2, 0) is 0 Å². The number of aliphatic hydroxyl groups excluding tert-OH is 1. The molecule has 19 heavy (non-hydrogen) atoms. The zero-order valence-electron chi connectivity index (χ0n) is 11.3. The van der Waals surface area contributed by atoms with Crippen LogP contribution in [-0.4, -0.2) is 49.3 Å². The van der Waals surface area contributed by atoms with Crippen molar-refractivity contribution < 1.29 is 5.11 Å². The Kier molecular flexibility index (Phi) is 5.21. The van der Waals surface area contributed by atoms with Crippen molar-refractivity contribution in [2.24, 2.45) is 5.73 Å². The van der Waals surface area contributed by atoms with E-state index in [4.69, 9.17) is 10.8 Å². The lowest BCUT2D eigenvalue weighted by atomic mass is 10.1. The van der Waals surface area contributed by atoms with Crippen molar-refractivity contribution in [2.45, 2.75) is 13.0 Å². The molecule has 4 nitrogen and oxygen atoms in total. The van der Waals surface area contributed by atoms with Crippen LogP contribution >= 0.6 is 15.9 Å². The van der Waals surface area contributed by atoms with E-state index in [2.05, 4.69) is 43.9 Å². The van der Waals surface area contributed by atoms with Crippen LogP contribution in [0.2, 0.25) is 0 Å². The molecule has 1 atom stereocenters. The monoisotopic (exact) mass is 327 g/mol. The van der Waals surface area contributed by atoms with E-state index in [-0.39, 0.29) is 12.6 Å². The summed E-state index contributed by atoms with van der Waals surface area (Å²) in [5.74, 6) is 0. The zero-order chi connectivity index (χ0) is 13.8. The van der Waals surface area contributed by atoms with Crippen molar-refractivity contribution in [3.05, 3.63) is 28.2 Å². The summed E-state index contributed by atoms with van der Waals surface area (Å²) < 4.78 is 1.11. The van der Waals surface area contributed by atoms with E-state index in [1.165, 1.54) is 5.69 Å². The lowest BCUT2D eigenvalue weighted by molar-refractivity contribution is 0.188. The van der Waals surface area contributed by atoms with Gasteiger partial charge in [-0.25, -0.2) is 0 Å². The van der Waals surface area contributed by atoms with Gasteiger partial charge in [0.15, 0.2) is 0 Å². The Bertz CT molecular complexity index is 417. The smallest absolute Gasteiger partial charge is 0.0558 e. The van der Waals surface area contributed by atoms with Gasteiger partial charge in [0.25, 0.3) is 0 Å². The first kappa shape index (κ1) is 14.8. The van der Waals surface area contributed by atoms with Crippen molar-refractivity contribution >= 4 is 21.6 Å². The quantitative estimate of drug-likeness (QED) is 0.881. The van der Waals surface area contributed by atoms with Gasteiger partial charge in [-0.1, -0.05) is 6.07 Å². The Morgan fingerprint density at radius 3 is 2.53 bits per heavy atom. The summed E-state index contributed by atoms with van der Waals surface area (Å²) in [5.41, 5.74) is 8.28. The van der Waals surface area contributed by atoms with Crippen molar-refractivity contribution in [1.29, 1.82) is 0 Å². The highest BCUT2D eigenvalue weighted by molar-refractivity contribution is 9.10. The minimum Gasteiger partial charge on any atom is -0.395 e. The average molecular weight is 328 g/mol. The van der Waals surface area contributed by atoms with Crippen molar-refractivity contribution in [1.82, 2.24) is 4.90 Å². The van der Waals surface area contributed by atoms with Crippen LogP contribution in [0.3, 0.4) is 0 Å². The third-order valence-electron chi connectivity index (χ3n) is 3.63. The van der Waals surface area contributed by atoms with Crippen molar-refractivity contribution in [3.8, 4) is 0 Å². The van der Waals surface area contributed by atoms with Gasteiger partial charge < -0.3 is 15.7 Å². The van der Waals surface area contributed by atoms with Crippen LogP contribution in [0.1, 0.15) is 18.5 Å². The number of aliphatic hydroxyl groups is 1. The van der Waals surface area contributed by atoms with Gasteiger partial charge in [-0.3, -0.25) is 4.90 Å². The van der Waals surface area contributed by atoms with Gasteiger partial charge in [-0.2, -0.15) is 0 Å². The summed E-state index contributed by atoms with van der Waals surface area (Å²) in [7, 11) is 0. The largest absolute Gasteiger partial charge is 0.395 e. The molecular weight excluding hydrogens is 306 g/mol. The molecule has 2 rings (SSSR count). The van der Waals surface area contributed by atoms with Crippen molar-refractivity contribution in [2.75, 3.05) is 44.2 Å². The molecule has 0 saturated carbocycles. The molecular formula is C14H22BrN3O. The highest BCUT2D eigenvalue weighted by Crippen LogP contribution is 2.29. The predicted molar refractivity (Wildman–Crippen MR) is 82.5 cm³/mol. The standard InChI is InChI=1S/C14H22BrN3O/c1-11(16)12-2-3-14(13(15)10-12)18-6-4-17(5-7-18)8-9-19/h2-3,10-11,19H,4-9,16H2,1H3/t11-/m1/s1. The molecule has 1 aliphatic heterocycles. The van der Waals surface area contributed by atoms with Crippen LogP contribution in [0.15, 0.2) is 22.7 Å². The predicted octanol–water partition coefficient (Wildman–Crippen LogP) is 1.58. The second-order valence-electron chi connectivity index (χ2n) is 5.05. The summed E-state index contributed by atoms with van der Waals surface area (Å²) in [5, 5.41) is 8.95. The molecule has 1 heterocycles. The van der Waals surface area contributed by atoms with E-state index in [1.807, 2.05) is 6.92 Å². The number of rotatable bonds is 4. The van der Waals surface area contributed by atoms with Gasteiger partial charge in [-0.15, -0.1) is 0 Å². The molecule has 0 bridgehead atoms. The normalized spacial score (nSPS) is 18.6. The summed E-state index contributed by atoms with van der Waals surface area (Å²) in [6.07, 6.45) is 0. The number of hydrogen-bond donors (Lipinski definition) is 2. The van der Waals surface area contributed by atoms with Gasteiger partial charge in [0, 0.05) is 43.2 Å². The van der Waals surface area contributed by atoms with Crippen molar-refractivity contribution in [3.63, 3.8) is 0 Å². The Morgan fingerprint density at radius 1 is 1.32 bits per heavy atom. The maximum Gasteiger partial charge on any atom is 0.0558 e. The second-order valence-corrected chi connectivity index (χ2v) is 5.91. The highest BCUT2D eigenvalue weighted by Gasteiger charge is 2.18. The van der Waals surface area contributed by atoms with Gasteiger partial charge in [0.05, 0.1) is 12.3 Å². The molecule has 106 valence electrons. The lowest BCUT2D eigenvalue weighted by Crippen LogP contribution is -2.47. The van der Waals surface area contributed by atoms with Gasteiger partial charge in [0.2, 0.25) is 0 Å². The van der Waals surface area contributed by atoms with E-state index < -0.39 is 0 Å². The Morgan fingerprint density at radius 2 is 2.00 bits per heavy atom. The number of benzene rings is 1. The van der Waals surface area contributed by atoms with E-state index in [1.54, 1.807) is 0 Å². The molecule has 3 N–H and O–H groups in total. The minimum absolute atomic E-state index is 0.0618. The Balaban J connectivity index is 2.03. The van der Waals surface area contributed by atoms with E-state index >= 15 is 0 Å². The molecule has 5 heteroatoms. The molecule has 0 aromatic heterocycles. The summed E-state index contributed by atoms with van der Waals surface area (Å²) in [4.78, 5) is 4.67. The molecule has 0 radical (unpaired) electrons. The number of anilines is 1. The topological polar surface area (TPSA) is 52.7 Å². The van der Waals surface area contributed by atoms with E-state index in [0.717, 1.165) is 42.8 Å².